The largest absolute Gasteiger partial charge is 0.484 e. The summed E-state index contributed by atoms with van der Waals surface area (Å²) in [6.45, 7) is 8.58. The molecule has 1 aliphatic rings. The van der Waals surface area contributed by atoms with Gasteiger partial charge < -0.3 is 13.9 Å². The topological polar surface area (TPSA) is 57.4 Å². The molecule has 1 aliphatic heterocycles. The summed E-state index contributed by atoms with van der Waals surface area (Å²) >= 11 is 1.64. The Morgan fingerprint density at radius 3 is 2.67 bits per heavy atom. The van der Waals surface area contributed by atoms with Gasteiger partial charge >= 0.3 is 0 Å². The Morgan fingerprint density at radius 1 is 1.17 bits per heavy atom. The second kappa shape index (κ2) is 7.57. The number of benzene rings is 1. The van der Waals surface area contributed by atoms with E-state index in [1.54, 1.807) is 11.8 Å². The normalized spacial score (nSPS) is 24.1. The van der Waals surface area contributed by atoms with Crippen LogP contribution in [0.15, 0.2) is 27.8 Å². The van der Waals surface area contributed by atoms with Crippen LogP contribution < -0.4 is 4.74 Å². The fourth-order valence-corrected chi connectivity index (χ4v) is 4.18. The molecule has 0 saturated carbocycles. The van der Waals surface area contributed by atoms with E-state index in [1.165, 1.54) is 5.56 Å². The maximum atomic E-state index is 5.82. The summed E-state index contributed by atoms with van der Waals surface area (Å²) in [6, 6.07) is 6.14. The molecule has 0 N–H and O–H groups in total. The summed E-state index contributed by atoms with van der Waals surface area (Å²) in [5.41, 5.74) is 2.26. The summed E-state index contributed by atoms with van der Waals surface area (Å²) in [5.74, 6) is 1.36. The van der Waals surface area contributed by atoms with E-state index in [1.807, 2.05) is 26.0 Å². The Hall–Kier alpha value is -1.53. The average molecular weight is 348 g/mol. The zero-order chi connectivity index (χ0) is 17.1. The van der Waals surface area contributed by atoms with E-state index in [0.29, 0.717) is 23.0 Å². The second-order valence-electron chi connectivity index (χ2n) is 6.49. The molecule has 6 heteroatoms. The third-order valence-electron chi connectivity index (χ3n) is 4.06. The van der Waals surface area contributed by atoms with Gasteiger partial charge in [-0.1, -0.05) is 23.9 Å². The maximum Gasteiger partial charge on any atom is 0.276 e. The fourth-order valence-electron chi connectivity index (χ4n) is 2.93. The van der Waals surface area contributed by atoms with Crippen LogP contribution in [0.1, 0.15) is 43.7 Å². The molecule has 2 aromatic rings. The lowest BCUT2D eigenvalue weighted by Gasteiger charge is -2.30. The lowest BCUT2D eigenvalue weighted by molar-refractivity contribution is -0.0265. The molecular formula is C18H24N2O3S. The first-order valence-corrected chi connectivity index (χ1v) is 9.22. The quantitative estimate of drug-likeness (QED) is 0.802. The highest BCUT2D eigenvalue weighted by Crippen LogP contribution is 2.33. The average Bonchev–Trinajstić information content (AvgIpc) is 2.94. The van der Waals surface area contributed by atoms with Crippen LogP contribution in [-0.4, -0.2) is 27.7 Å². The fraction of sp³-hybridized carbons (Fsp3) is 0.556. The number of ether oxygens (including phenoxy) is 2. The molecule has 1 aromatic heterocycles. The molecule has 0 radical (unpaired) electrons. The lowest BCUT2D eigenvalue weighted by Crippen LogP contribution is -2.30. The number of hydrogen-bond acceptors (Lipinski definition) is 6. The van der Waals surface area contributed by atoms with Gasteiger partial charge in [0.15, 0.2) is 6.61 Å². The van der Waals surface area contributed by atoms with Gasteiger partial charge in [-0.25, -0.2) is 0 Å². The van der Waals surface area contributed by atoms with Gasteiger partial charge in [0.2, 0.25) is 0 Å². The smallest absolute Gasteiger partial charge is 0.276 e. The molecule has 2 heterocycles. The molecule has 5 nitrogen and oxygen atoms in total. The Bertz CT molecular complexity index is 679. The first-order chi connectivity index (χ1) is 11.5. The molecule has 0 aliphatic carbocycles. The van der Waals surface area contributed by atoms with Gasteiger partial charge in [0.05, 0.1) is 12.2 Å². The van der Waals surface area contributed by atoms with Crippen molar-refractivity contribution in [2.24, 2.45) is 0 Å². The Labute approximate surface area is 147 Å². The monoisotopic (exact) mass is 348 g/mol. The van der Waals surface area contributed by atoms with Gasteiger partial charge in [-0.15, -0.1) is 10.2 Å². The standard InChI is InChI=1S/C18H24N2O3S/c1-11-5-6-12(2)16(7-11)21-10-17-19-20-18(23-17)24-15-8-13(3)22-14(4)9-15/h5-7,13-15H,8-10H2,1-4H3/t13-,14-/m0/s1. The van der Waals surface area contributed by atoms with Crippen molar-refractivity contribution in [3.8, 4) is 5.75 Å². The Morgan fingerprint density at radius 2 is 1.92 bits per heavy atom. The van der Waals surface area contributed by atoms with Gasteiger partial charge in [-0.3, -0.25) is 0 Å². The number of thioether (sulfide) groups is 1. The van der Waals surface area contributed by atoms with E-state index in [0.717, 1.165) is 24.2 Å². The minimum Gasteiger partial charge on any atom is -0.484 e. The lowest BCUT2D eigenvalue weighted by atomic mass is 10.1. The molecule has 24 heavy (non-hydrogen) atoms. The van der Waals surface area contributed by atoms with Crippen LogP contribution in [0.5, 0.6) is 5.75 Å². The molecule has 0 amide bonds. The predicted molar refractivity (Wildman–Crippen MR) is 93.4 cm³/mol. The van der Waals surface area contributed by atoms with E-state index in [2.05, 4.69) is 30.1 Å². The van der Waals surface area contributed by atoms with Gasteiger partial charge in [0.1, 0.15) is 5.75 Å². The van der Waals surface area contributed by atoms with Crippen LogP contribution in [0.2, 0.25) is 0 Å². The van der Waals surface area contributed by atoms with E-state index < -0.39 is 0 Å². The van der Waals surface area contributed by atoms with Crippen LogP contribution in [0.3, 0.4) is 0 Å². The van der Waals surface area contributed by atoms with Gasteiger partial charge in [-0.2, -0.15) is 0 Å². The molecular weight excluding hydrogens is 324 g/mol. The van der Waals surface area contributed by atoms with Crippen molar-refractivity contribution in [2.75, 3.05) is 0 Å². The summed E-state index contributed by atoms with van der Waals surface area (Å²) in [5, 5.41) is 9.30. The number of aromatic nitrogens is 2. The molecule has 3 rings (SSSR count). The highest BCUT2D eigenvalue weighted by Gasteiger charge is 2.26. The van der Waals surface area contributed by atoms with E-state index in [4.69, 9.17) is 13.9 Å². The van der Waals surface area contributed by atoms with E-state index >= 15 is 0 Å². The molecule has 1 aromatic carbocycles. The second-order valence-corrected chi connectivity index (χ2v) is 7.74. The number of rotatable bonds is 5. The van der Waals surface area contributed by atoms with Crippen molar-refractivity contribution in [3.63, 3.8) is 0 Å². The van der Waals surface area contributed by atoms with E-state index in [-0.39, 0.29) is 12.2 Å². The Kier molecular flexibility index (Phi) is 5.46. The summed E-state index contributed by atoms with van der Waals surface area (Å²) < 4.78 is 17.3. The van der Waals surface area contributed by atoms with Crippen molar-refractivity contribution in [2.45, 2.75) is 69.8 Å². The summed E-state index contributed by atoms with van der Waals surface area (Å²) in [4.78, 5) is 0. The minimum atomic E-state index is 0.279. The third-order valence-corrected chi connectivity index (χ3v) is 5.15. The number of hydrogen-bond donors (Lipinski definition) is 0. The first-order valence-electron chi connectivity index (χ1n) is 8.34. The van der Waals surface area contributed by atoms with Crippen molar-refractivity contribution in [1.29, 1.82) is 0 Å². The summed E-state index contributed by atoms with van der Waals surface area (Å²) in [6.07, 6.45) is 2.57. The first kappa shape index (κ1) is 17.3. The zero-order valence-electron chi connectivity index (χ0n) is 14.6. The van der Waals surface area contributed by atoms with Gasteiger partial charge in [0, 0.05) is 5.25 Å². The van der Waals surface area contributed by atoms with Crippen molar-refractivity contribution < 1.29 is 13.9 Å². The molecule has 2 atom stereocenters. The summed E-state index contributed by atoms with van der Waals surface area (Å²) in [7, 11) is 0. The van der Waals surface area contributed by atoms with Crippen molar-refractivity contribution in [1.82, 2.24) is 10.2 Å². The SMILES string of the molecule is Cc1ccc(C)c(OCc2nnc(SC3C[C@H](C)O[C@@H](C)C3)o2)c1. The molecule has 0 spiro atoms. The predicted octanol–water partition coefficient (Wildman–Crippen LogP) is 4.31. The number of nitrogens with zero attached hydrogens (tertiary/aromatic N) is 2. The van der Waals surface area contributed by atoms with Gasteiger partial charge in [0.25, 0.3) is 11.1 Å². The van der Waals surface area contributed by atoms with Crippen LogP contribution in [-0.2, 0) is 11.3 Å². The van der Waals surface area contributed by atoms with Crippen LogP contribution in [0.25, 0.3) is 0 Å². The highest BCUT2D eigenvalue weighted by atomic mass is 32.2. The van der Waals surface area contributed by atoms with E-state index in [9.17, 15) is 0 Å². The Balaban J connectivity index is 1.56. The molecule has 130 valence electrons. The van der Waals surface area contributed by atoms with Crippen molar-refractivity contribution >= 4 is 11.8 Å². The zero-order valence-corrected chi connectivity index (χ0v) is 15.4. The van der Waals surface area contributed by atoms with Gasteiger partial charge in [-0.05, 0) is 57.7 Å². The maximum absolute atomic E-state index is 5.82. The number of aryl methyl sites for hydroxylation is 2. The molecule has 1 fully saturated rings. The molecule has 0 bridgehead atoms. The van der Waals surface area contributed by atoms with Crippen LogP contribution in [0, 0.1) is 13.8 Å². The van der Waals surface area contributed by atoms with Crippen molar-refractivity contribution in [3.05, 3.63) is 35.2 Å². The highest BCUT2D eigenvalue weighted by molar-refractivity contribution is 7.99. The van der Waals surface area contributed by atoms with Crippen LogP contribution >= 0.6 is 11.8 Å². The molecule has 0 unspecified atom stereocenters. The molecule has 1 saturated heterocycles. The third kappa shape index (κ3) is 4.51. The minimum absolute atomic E-state index is 0.279. The van der Waals surface area contributed by atoms with Crippen LogP contribution in [0.4, 0.5) is 0 Å².